The van der Waals surface area contributed by atoms with Gasteiger partial charge in [0.2, 0.25) is 0 Å². The van der Waals surface area contributed by atoms with E-state index in [4.69, 9.17) is 4.42 Å². The minimum Gasteiger partial charge on any atom is -0.469 e. The van der Waals surface area contributed by atoms with Crippen molar-refractivity contribution in [2.45, 2.75) is 32.5 Å². The van der Waals surface area contributed by atoms with Gasteiger partial charge in [-0.2, -0.15) is 0 Å². The molecule has 4 aromatic rings. The van der Waals surface area contributed by atoms with E-state index < -0.39 is 11.1 Å². The Kier molecular flexibility index (Phi) is 6.40. The maximum atomic E-state index is 12.8. The Bertz CT molecular complexity index is 1400. The number of furan rings is 1. The van der Waals surface area contributed by atoms with Crippen LogP contribution in [0.2, 0.25) is 0 Å². The van der Waals surface area contributed by atoms with E-state index in [1.807, 2.05) is 43.3 Å². The Balaban J connectivity index is 1.55. The molecule has 0 saturated heterocycles. The molecule has 4 rings (SSSR count). The van der Waals surface area contributed by atoms with Crippen LogP contribution in [-0.4, -0.2) is 21.1 Å². The highest BCUT2D eigenvalue weighted by atomic mass is 16.3. The van der Waals surface area contributed by atoms with Gasteiger partial charge in [0.15, 0.2) is 0 Å². The summed E-state index contributed by atoms with van der Waals surface area (Å²) in [5, 5.41) is 2.96. The molecule has 7 nitrogen and oxygen atoms in total. The fraction of sp³-hybridized carbons (Fsp3) is 0.192. The lowest BCUT2D eigenvalue weighted by Gasteiger charge is -2.15. The lowest BCUT2D eigenvalue weighted by atomic mass is 10.1. The Morgan fingerprint density at radius 3 is 2.30 bits per heavy atom. The zero-order chi connectivity index (χ0) is 23.4. The molecule has 2 aromatic carbocycles. The Hall–Kier alpha value is -4.13. The van der Waals surface area contributed by atoms with Gasteiger partial charge in [-0.05, 0) is 48.9 Å². The van der Waals surface area contributed by atoms with Crippen LogP contribution in [0, 0.1) is 0 Å². The van der Waals surface area contributed by atoms with Gasteiger partial charge in [-0.15, -0.1) is 6.58 Å². The molecule has 0 fully saturated rings. The van der Waals surface area contributed by atoms with Gasteiger partial charge in [0, 0.05) is 24.6 Å². The number of carbonyl (C=O) groups is 1. The number of rotatable bonds is 8. The molecule has 0 aliphatic heterocycles. The maximum absolute atomic E-state index is 12.8. The summed E-state index contributed by atoms with van der Waals surface area (Å²) in [5.41, 5.74) is 1.48. The molecule has 1 unspecified atom stereocenters. The molecule has 1 atom stereocenters. The first-order valence-corrected chi connectivity index (χ1v) is 10.7. The van der Waals surface area contributed by atoms with E-state index in [9.17, 15) is 14.4 Å². The van der Waals surface area contributed by atoms with Crippen molar-refractivity contribution in [2.75, 3.05) is 0 Å². The Morgan fingerprint density at radius 2 is 1.67 bits per heavy atom. The lowest BCUT2D eigenvalue weighted by Crippen LogP contribution is -2.41. The second-order valence-corrected chi connectivity index (χ2v) is 7.94. The van der Waals surface area contributed by atoms with E-state index in [0.717, 1.165) is 11.3 Å². The van der Waals surface area contributed by atoms with Crippen LogP contribution >= 0.6 is 0 Å². The molecule has 0 aliphatic rings. The summed E-state index contributed by atoms with van der Waals surface area (Å²) in [6.45, 7) is 6.08. The lowest BCUT2D eigenvalue weighted by molar-refractivity contribution is 0.0939. The largest absolute Gasteiger partial charge is 0.469 e. The minimum atomic E-state index is -0.593. The molecule has 0 spiro atoms. The number of para-hydroxylation sites is 2. The molecule has 0 bridgehead atoms. The Labute approximate surface area is 190 Å². The summed E-state index contributed by atoms with van der Waals surface area (Å²) >= 11 is 0. The van der Waals surface area contributed by atoms with Crippen LogP contribution in [0.15, 0.2) is 93.6 Å². The van der Waals surface area contributed by atoms with Crippen molar-refractivity contribution in [1.29, 1.82) is 0 Å². The zero-order valence-corrected chi connectivity index (χ0v) is 18.4. The molecule has 2 heterocycles. The number of fused-ring (bicyclic) bond motifs is 1. The average Bonchev–Trinajstić information content (AvgIpc) is 3.32. The third-order valence-corrected chi connectivity index (χ3v) is 5.47. The van der Waals surface area contributed by atoms with E-state index >= 15 is 0 Å². The van der Waals surface area contributed by atoms with Crippen LogP contribution in [0.1, 0.15) is 28.6 Å². The zero-order valence-electron chi connectivity index (χ0n) is 18.4. The van der Waals surface area contributed by atoms with Crippen molar-refractivity contribution in [1.82, 2.24) is 14.5 Å². The second kappa shape index (κ2) is 9.56. The normalized spacial score (nSPS) is 11.9. The summed E-state index contributed by atoms with van der Waals surface area (Å²) in [5.74, 6) is 0.626. The number of hydrogen-bond donors (Lipinski definition) is 1. The van der Waals surface area contributed by atoms with Crippen molar-refractivity contribution in [2.24, 2.45) is 0 Å². The highest BCUT2D eigenvalue weighted by Gasteiger charge is 2.14. The van der Waals surface area contributed by atoms with Gasteiger partial charge in [-0.25, -0.2) is 0 Å². The van der Waals surface area contributed by atoms with Crippen LogP contribution in [-0.2, 0) is 19.5 Å². The highest BCUT2D eigenvalue weighted by Crippen LogP contribution is 2.13. The SMILES string of the molecule is C=CCn1c(=O)c(=O)n(Cc2ccc(C(=O)NC(C)Cc3ccco3)cc2)c2ccccc21. The van der Waals surface area contributed by atoms with Gasteiger partial charge in [0.25, 0.3) is 5.91 Å². The van der Waals surface area contributed by atoms with E-state index in [2.05, 4.69) is 11.9 Å². The summed E-state index contributed by atoms with van der Waals surface area (Å²) in [7, 11) is 0. The summed E-state index contributed by atoms with van der Waals surface area (Å²) in [6, 6.07) is 17.9. The predicted octanol–water partition coefficient (Wildman–Crippen LogP) is 3.35. The van der Waals surface area contributed by atoms with E-state index in [1.165, 1.54) is 9.13 Å². The predicted molar refractivity (Wildman–Crippen MR) is 128 cm³/mol. The van der Waals surface area contributed by atoms with Crippen molar-refractivity contribution >= 4 is 16.9 Å². The van der Waals surface area contributed by atoms with Gasteiger partial charge < -0.3 is 9.73 Å². The van der Waals surface area contributed by atoms with E-state index in [0.29, 0.717) is 23.0 Å². The van der Waals surface area contributed by atoms with Gasteiger partial charge in [0.05, 0.1) is 23.8 Å². The molecular weight excluding hydrogens is 418 g/mol. The molecule has 1 amide bonds. The molecule has 33 heavy (non-hydrogen) atoms. The number of nitrogens with zero attached hydrogens (tertiary/aromatic N) is 2. The van der Waals surface area contributed by atoms with Crippen LogP contribution in [0.25, 0.3) is 11.0 Å². The molecule has 0 aliphatic carbocycles. The first kappa shape index (κ1) is 22.1. The number of allylic oxidation sites excluding steroid dienone is 1. The van der Waals surface area contributed by atoms with Crippen LogP contribution in [0.5, 0.6) is 0 Å². The third kappa shape index (κ3) is 4.72. The Morgan fingerprint density at radius 1 is 1.00 bits per heavy atom. The number of nitrogens with one attached hydrogen (secondary N) is 1. The number of amides is 1. The molecule has 7 heteroatoms. The number of aromatic nitrogens is 2. The molecule has 168 valence electrons. The quantitative estimate of drug-likeness (QED) is 0.334. The monoisotopic (exact) mass is 443 g/mol. The van der Waals surface area contributed by atoms with Gasteiger partial charge >= 0.3 is 11.1 Å². The number of hydrogen-bond acceptors (Lipinski definition) is 4. The molecule has 0 saturated carbocycles. The maximum Gasteiger partial charge on any atom is 0.317 e. The van der Waals surface area contributed by atoms with Crippen LogP contribution in [0.4, 0.5) is 0 Å². The average molecular weight is 444 g/mol. The van der Waals surface area contributed by atoms with Crippen molar-refractivity contribution in [3.8, 4) is 0 Å². The topological polar surface area (TPSA) is 86.2 Å². The van der Waals surface area contributed by atoms with E-state index in [1.54, 1.807) is 36.6 Å². The van der Waals surface area contributed by atoms with Crippen LogP contribution in [0.3, 0.4) is 0 Å². The third-order valence-electron chi connectivity index (χ3n) is 5.47. The molecule has 1 N–H and O–H groups in total. The van der Waals surface area contributed by atoms with E-state index in [-0.39, 0.29) is 25.0 Å². The fourth-order valence-electron chi connectivity index (χ4n) is 3.87. The van der Waals surface area contributed by atoms with Gasteiger partial charge in [0.1, 0.15) is 5.76 Å². The molecular formula is C26H25N3O4. The minimum absolute atomic E-state index is 0.0877. The molecule has 0 radical (unpaired) electrons. The van der Waals surface area contributed by atoms with Gasteiger partial charge in [-0.3, -0.25) is 23.5 Å². The fourth-order valence-corrected chi connectivity index (χ4v) is 3.87. The highest BCUT2D eigenvalue weighted by molar-refractivity contribution is 5.94. The van der Waals surface area contributed by atoms with Crippen molar-refractivity contribution in [3.63, 3.8) is 0 Å². The van der Waals surface area contributed by atoms with Crippen molar-refractivity contribution < 1.29 is 9.21 Å². The first-order valence-electron chi connectivity index (χ1n) is 10.7. The van der Waals surface area contributed by atoms with Gasteiger partial charge in [-0.1, -0.05) is 30.3 Å². The van der Waals surface area contributed by atoms with Crippen LogP contribution < -0.4 is 16.4 Å². The molecule has 2 aromatic heterocycles. The second-order valence-electron chi connectivity index (χ2n) is 7.94. The summed E-state index contributed by atoms with van der Waals surface area (Å²) < 4.78 is 8.22. The summed E-state index contributed by atoms with van der Waals surface area (Å²) in [4.78, 5) is 38.1. The summed E-state index contributed by atoms with van der Waals surface area (Å²) in [6.07, 6.45) is 3.81. The number of benzene rings is 2. The number of carbonyl (C=O) groups excluding carboxylic acids is 1. The standard InChI is InChI=1S/C26H25N3O4/c1-3-14-28-22-8-4-5-9-23(22)29(26(32)25(28)31)17-19-10-12-20(13-11-19)24(30)27-18(2)16-21-7-6-15-33-21/h3-13,15,18H,1,14,16-17H2,2H3,(H,27,30). The van der Waals surface area contributed by atoms with Crippen molar-refractivity contribution in [3.05, 3.63) is 117 Å². The first-order chi connectivity index (χ1) is 16.0. The smallest absolute Gasteiger partial charge is 0.317 e.